The maximum absolute atomic E-state index is 14.2. The van der Waals surface area contributed by atoms with Gasteiger partial charge in [0.25, 0.3) is 5.91 Å². The topological polar surface area (TPSA) is 93.8 Å². The Kier molecular flexibility index (Phi) is 3.75. The molecule has 2 aromatic heterocycles. The van der Waals surface area contributed by atoms with Crippen molar-refractivity contribution in [2.24, 2.45) is 5.73 Å². The Morgan fingerprint density at radius 2 is 2.18 bits per heavy atom. The third kappa shape index (κ3) is 2.77. The third-order valence-corrected chi connectivity index (χ3v) is 3.50. The van der Waals surface area contributed by atoms with Crippen molar-refractivity contribution in [3.05, 3.63) is 53.0 Å². The first-order valence-electron chi connectivity index (χ1n) is 6.20. The summed E-state index contributed by atoms with van der Waals surface area (Å²) >= 11 is 1.39. The molecule has 0 radical (unpaired) electrons. The minimum Gasteiger partial charge on any atom is -0.365 e. The van der Waals surface area contributed by atoms with Crippen LogP contribution in [0.3, 0.4) is 0 Å². The number of nitrogens with zero attached hydrogens (tertiary/aromatic N) is 3. The Balaban J connectivity index is 1.91. The van der Waals surface area contributed by atoms with E-state index in [0.717, 1.165) is 0 Å². The smallest absolute Gasteiger partial charge is 0.254 e. The van der Waals surface area contributed by atoms with Crippen molar-refractivity contribution < 1.29 is 9.18 Å². The summed E-state index contributed by atoms with van der Waals surface area (Å²) in [6.07, 6.45) is 2.58. The molecule has 0 aliphatic carbocycles. The predicted octanol–water partition coefficient (Wildman–Crippen LogP) is 2.58. The second-order valence-electron chi connectivity index (χ2n) is 4.34. The van der Waals surface area contributed by atoms with Gasteiger partial charge in [-0.15, -0.1) is 11.3 Å². The highest BCUT2D eigenvalue weighted by Crippen LogP contribution is 2.26. The number of carbonyl (C=O) groups is 1. The van der Waals surface area contributed by atoms with Gasteiger partial charge in [-0.2, -0.15) is 0 Å². The van der Waals surface area contributed by atoms with Crippen LogP contribution in [0.4, 0.5) is 15.9 Å². The molecule has 6 nitrogen and oxygen atoms in total. The number of benzene rings is 1. The molecular weight excluding hydrogens is 305 g/mol. The summed E-state index contributed by atoms with van der Waals surface area (Å²) in [5.41, 5.74) is 8.44. The molecule has 2 heterocycles. The first-order valence-corrected chi connectivity index (χ1v) is 7.14. The molecule has 1 aromatic carbocycles. The standard InChI is InChI=1S/C14H10FN5OS/c15-11-3-8(1-2-9(11)12-5-22-7-19-12)20-14-10(13(16)21)4-17-6-18-14/h1-7H,(H2,16,21)(H,17,18,20). The number of hydrogen-bond acceptors (Lipinski definition) is 6. The molecule has 0 fully saturated rings. The van der Waals surface area contributed by atoms with E-state index >= 15 is 0 Å². The zero-order chi connectivity index (χ0) is 15.5. The highest BCUT2D eigenvalue weighted by Gasteiger charge is 2.12. The van der Waals surface area contributed by atoms with Crippen LogP contribution in [-0.4, -0.2) is 20.9 Å². The lowest BCUT2D eigenvalue weighted by Crippen LogP contribution is -2.14. The molecule has 1 amide bonds. The summed E-state index contributed by atoms with van der Waals surface area (Å²) in [7, 11) is 0. The fraction of sp³-hybridized carbons (Fsp3) is 0. The maximum Gasteiger partial charge on any atom is 0.254 e. The van der Waals surface area contributed by atoms with Gasteiger partial charge in [-0.05, 0) is 18.2 Å². The van der Waals surface area contributed by atoms with Crippen molar-refractivity contribution in [2.45, 2.75) is 0 Å². The first-order chi connectivity index (χ1) is 10.6. The number of nitrogens with two attached hydrogens (primary N) is 1. The Labute approximate surface area is 128 Å². The van der Waals surface area contributed by atoms with E-state index in [-0.39, 0.29) is 11.4 Å². The molecule has 3 N–H and O–H groups in total. The number of nitrogens with one attached hydrogen (secondary N) is 1. The number of carbonyl (C=O) groups excluding carboxylic acids is 1. The lowest BCUT2D eigenvalue weighted by molar-refractivity contribution is 0.100. The highest BCUT2D eigenvalue weighted by molar-refractivity contribution is 7.07. The van der Waals surface area contributed by atoms with E-state index in [1.807, 2.05) is 0 Å². The Hall–Kier alpha value is -2.87. The van der Waals surface area contributed by atoms with E-state index in [4.69, 9.17) is 5.73 Å². The van der Waals surface area contributed by atoms with E-state index in [0.29, 0.717) is 16.9 Å². The van der Waals surface area contributed by atoms with Crippen molar-refractivity contribution in [1.29, 1.82) is 0 Å². The normalized spacial score (nSPS) is 10.4. The fourth-order valence-electron chi connectivity index (χ4n) is 1.89. The van der Waals surface area contributed by atoms with Crippen LogP contribution < -0.4 is 11.1 Å². The fourth-order valence-corrected chi connectivity index (χ4v) is 2.44. The lowest BCUT2D eigenvalue weighted by Gasteiger charge is -2.09. The van der Waals surface area contributed by atoms with Crippen LogP contribution in [0.5, 0.6) is 0 Å². The Morgan fingerprint density at radius 3 is 2.86 bits per heavy atom. The predicted molar refractivity (Wildman–Crippen MR) is 81.3 cm³/mol. The molecule has 0 unspecified atom stereocenters. The van der Waals surface area contributed by atoms with Crippen LogP contribution >= 0.6 is 11.3 Å². The summed E-state index contributed by atoms with van der Waals surface area (Å²) in [5, 5.41) is 4.62. The molecule has 3 aromatic rings. The number of primary amides is 1. The van der Waals surface area contributed by atoms with Gasteiger partial charge in [0.2, 0.25) is 0 Å². The van der Waals surface area contributed by atoms with Crippen LogP contribution in [0, 0.1) is 5.82 Å². The number of rotatable bonds is 4. The molecule has 0 saturated heterocycles. The van der Waals surface area contributed by atoms with Crippen LogP contribution in [0.1, 0.15) is 10.4 Å². The van der Waals surface area contributed by atoms with Gasteiger partial charge in [0.05, 0.1) is 11.2 Å². The van der Waals surface area contributed by atoms with Crippen LogP contribution in [0.2, 0.25) is 0 Å². The van der Waals surface area contributed by atoms with E-state index in [2.05, 4.69) is 20.3 Å². The molecule has 0 aliphatic rings. The molecule has 0 saturated carbocycles. The number of anilines is 2. The summed E-state index contributed by atoms with van der Waals surface area (Å²) < 4.78 is 14.2. The average molecular weight is 315 g/mol. The molecule has 110 valence electrons. The number of thiazole rings is 1. The second-order valence-corrected chi connectivity index (χ2v) is 5.06. The molecule has 8 heteroatoms. The molecule has 0 bridgehead atoms. The Bertz CT molecular complexity index is 822. The van der Waals surface area contributed by atoms with Gasteiger partial charge < -0.3 is 11.1 Å². The van der Waals surface area contributed by atoms with Crippen LogP contribution in [0.25, 0.3) is 11.3 Å². The summed E-state index contributed by atoms with van der Waals surface area (Å²) in [4.78, 5) is 23.1. The maximum atomic E-state index is 14.2. The van der Waals surface area contributed by atoms with Crippen molar-refractivity contribution in [1.82, 2.24) is 15.0 Å². The van der Waals surface area contributed by atoms with Crippen molar-refractivity contribution in [3.63, 3.8) is 0 Å². The van der Waals surface area contributed by atoms with Crippen LogP contribution in [0.15, 0.2) is 41.6 Å². The van der Waals surface area contributed by atoms with E-state index in [9.17, 15) is 9.18 Å². The van der Waals surface area contributed by atoms with E-state index < -0.39 is 11.7 Å². The largest absolute Gasteiger partial charge is 0.365 e. The molecule has 0 aliphatic heterocycles. The second kappa shape index (κ2) is 5.86. The minimum atomic E-state index is -0.664. The monoisotopic (exact) mass is 315 g/mol. The van der Waals surface area contributed by atoms with Gasteiger partial charge in [-0.25, -0.2) is 19.3 Å². The molecule has 22 heavy (non-hydrogen) atoms. The number of hydrogen-bond donors (Lipinski definition) is 2. The van der Waals surface area contributed by atoms with Gasteiger partial charge >= 0.3 is 0 Å². The molecule has 0 spiro atoms. The van der Waals surface area contributed by atoms with Gasteiger partial charge in [0, 0.05) is 22.8 Å². The summed E-state index contributed by atoms with van der Waals surface area (Å²) in [6.45, 7) is 0. The van der Waals surface area contributed by atoms with Gasteiger partial charge in [-0.3, -0.25) is 4.79 Å². The summed E-state index contributed by atoms with van der Waals surface area (Å²) in [5.74, 6) is -0.864. The average Bonchev–Trinajstić information content (AvgIpc) is 3.02. The lowest BCUT2D eigenvalue weighted by atomic mass is 10.1. The van der Waals surface area contributed by atoms with Crippen molar-refractivity contribution in [2.75, 3.05) is 5.32 Å². The number of halogens is 1. The van der Waals surface area contributed by atoms with E-state index in [1.54, 1.807) is 23.0 Å². The minimum absolute atomic E-state index is 0.131. The number of aromatic nitrogens is 3. The third-order valence-electron chi connectivity index (χ3n) is 2.92. The molecular formula is C14H10FN5OS. The van der Waals surface area contributed by atoms with Crippen molar-refractivity contribution in [3.8, 4) is 11.3 Å². The Morgan fingerprint density at radius 1 is 1.32 bits per heavy atom. The highest BCUT2D eigenvalue weighted by atomic mass is 32.1. The van der Waals surface area contributed by atoms with Gasteiger partial charge in [-0.1, -0.05) is 0 Å². The SMILES string of the molecule is NC(=O)c1cncnc1Nc1ccc(-c2cscn2)c(F)c1. The molecule has 0 atom stereocenters. The van der Waals surface area contributed by atoms with E-state index in [1.165, 1.54) is 29.9 Å². The number of amides is 1. The quantitative estimate of drug-likeness (QED) is 0.771. The zero-order valence-corrected chi connectivity index (χ0v) is 12.0. The zero-order valence-electron chi connectivity index (χ0n) is 11.2. The van der Waals surface area contributed by atoms with Crippen LogP contribution in [-0.2, 0) is 0 Å². The van der Waals surface area contributed by atoms with Gasteiger partial charge in [0.1, 0.15) is 23.5 Å². The summed E-state index contributed by atoms with van der Waals surface area (Å²) in [6, 6.07) is 4.59. The van der Waals surface area contributed by atoms with Crippen molar-refractivity contribution >= 4 is 28.7 Å². The molecule has 3 rings (SSSR count). The van der Waals surface area contributed by atoms with Gasteiger partial charge in [0.15, 0.2) is 0 Å². The first kappa shape index (κ1) is 14.1.